The molecular formula is C27H59O3PS. The van der Waals surface area contributed by atoms with Crippen LogP contribution in [0.15, 0.2) is 0 Å². The normalized spacial score (nSPS) is 13.0. The Bertz CT molecular complexity index is 452. The molecule has 0 rings (SSSR count). The van der Waals surface area contributed by atoms with Gasteiger partial charge in [-0.1, -0.05) is 0 Å². The third-order valence-electron chi connectivity index (χ3n) is 7.29. The van der Waals surface area contributed by atoms with Gasteiger partial charge in [-0.15, -0.1) is 0 Å². The monoisotopic (exact) mass is 494 g/mol. The van der Waals surface area contributed by atoms with Gasteiger partial charge in [0.2, 0.25) is 0 Å². The summed E-state index contributed by atoms with van der Waals surface area (Å²) in [4.78, 5) is 0. The molecule has 0 heterocycles. The van der Waals surface area contributed by atoms with Gasteiger partial charge in [0, 0.05) is 0 Å². The molecule has 0 aliphatic carbocycles. The molecule has 0 unspecified atom stereocenters. The van der Waals surface area contributed by atoms with Crippen molar-refractivity contribution >= 4 is 17.4 Å². The zero-order valence-corrected chi connectivity index (χ0v) is 24.0. The molecule has 0 fully saturated rings. The van der Waals surface area contributed by atoms with Crippen LogP contribution in [0.5, 0.6) is 0 Å². The molecule has 0 radical (unpaired) electrons. The first-order valence-corrected chi connectivity index (χ1v) is 18.8. The van der Waals surface area contributed by atoms with Gasteiger partial charge >= 0.3 is 204 Å². The fourth-order valence-corrected chi connectivity index (χ4v) is 11.4. The number of unbranched alkanes of at least 4 members (excludes halogenated alkanes) is 15. The molecule has 32 heavy (non-hydrogen) atoms. The fourth-order valence-electron chi connectivity index (χ4n) is 5.22. The molecule has 0 spiro atoms. The van der Waals surface area contributed by atoms with Crippen LogP contribution < -0.4 is 0 Å². The van der Waals surface area contributed by atoms with Crippen molar-refractivity contribution in [1.82, 2.24) is 0 Å². The molecule has 3 nitrogen and oxygen atoms in total. The van der Waals surface area contributed by atoms with E-state index in [4.69, 9.17) is 0 Å². The van der Waals surface area contributed by atoms with E-state index in [2.05, 4.69) is 20.8 Å². The van der Waals surface area contributed by atoms with Crippen LogP contribution in [0.1, 0.15) is 143 Å². The Balaban J connectivity index is 4.87. The Morgan fingerprint density at radius 3 is 1.06 bits per heavy atom. The Labute approximate surface area is 203 Å². The summed E-state index contributed by atoms with van der Waals surface area (Å²) < 4.78 is 32.0. The van der Waals surface area contributed by atoms with Gasteiger partial charge in [-0.2, -0.15) is 0 Å². The number of hydrogen-bond donors (Lipinski definition) is 1. The summed E-state index contributed by atoms with van der Waals surface area (Å²) >= 11 is 0. The summed E-state index contributed by atoms with van der Waals surface area (Å²) in [5.41, 5.74) is 0. The Morgan fingerprint density at radius 1 is 0.469 bits per heavy atom. The summed E-state index contributed by atoms with van der Waals surface area (Å²) in [5, 5.41) is 0. The average Bonchev–Trinajstić information content (AvgIpc) is 2.74. The first-order chi connectivity index (χ1) is 15.4. The van der Waals surface area contributed by atoms with Crippen LogP contribution in [0.2, 0.25) is 0 Å². The van der Waals surface area contributed by atoms with Gasteiger partial charge in [0.15, 0.2) is 0 Å². The van der Waals surface area contributed by atoms with Crippen molar-refractivity contribution in [2.45, 2.75) is 143 Å². The van der Waals surface area contributed by atoms with Gasteiger partial charge in [0.1, 0.15) is 0 Å². The summed E-state index contributed by atoms with van der Waals surface area (Å²) in [6.07, 6.45) is 30.1. The molecule has 0 aromatic heterocycles. The van der Waals surface area contributed by atoms with E-state index in [1.807, 2.05) is 0 Å². The maximum atomic E-state index is 11.4. The number of rotatable bonds is 25. The second-order valence-corrected chi connectivity index (χ2v) is 17.0. The molecule has 0 saturated heterocycles. The molecule has 5 heteroatoms. The summed E-state index contributed by atoms with van der Waals surface area (Å²) in [7, 11) is -5.31. The van der Waals surface area contributed by atoms with E-state index in [0.717, 1.165) is 6.16 Å². The van der Waals surface area contributed by atoms with Crippen molar-refractivity contribution in [2.75, 3.05) is 30.4 Å². The topological polar surface area (TPSA) is 54.4 Å². The third kappa shape index (κ3) is 20.9. The van der Waals surface area contributed by atoms with Crippen molar-refractivity contribution in [3.05, 3.63) is 0 Å². The minimum atomic E-state index is -3.83. The van der Waals surface area contributed by atoms with E-state index in [1.54, 1.807) is 0 Å². The Morgan fingerprint density at radius 2 is 0.750 bits per heavy atom. The SMILES string of the molecule is CCCCCCCC[PH](CCCCCCCC)(CCCCCCCC)CCCS(=O)(=O)O. The van der Waals surface area contributed by atoms with Crippen LogP contribution in [-0.2, 0) is 10.1 Å². The summed E-state index contributed by atoms with van der Waals surface area (Å²) in [5.74, 6) is -0.0365. The first kappa shape index (κ1) is 32.3. The van der Waals surface area contributed by atoms with Gasteiger partial charge < -0.3 is 0 Å². The Hall–Kier alpha value is 0.340. The van der Waals surface area contributed by atoms with Crippen LogP contribution in [0.25, 0.3) is 0 Å². The molecule has 0 aliphatic rings. The molecule has 1 N–H and O–H groups in total. The van der Waals surface area contributed by atoms with Crippen LogP contribution >= 0.6 is 7.26 Å². The van der Waals surface area contributed by atoms with E-state index in [0.29, 0.717) is 6.42 Å². The van der Waals surface area contributed by atoms with E-state index < -0.39 is 17.4 Å². The molecule has 0 atom stereocenters. The molecule has 0 saturated carbocycles. The van der Waals surface area contributed by atoms with Crippen molar-refractivity contribution in [1.29, 1.82) is 0 Å². The molecule has 0 aromatic rings. The average molecular weight is 495 g/mol. The quantitative estimate of drug-likeness (QED) is 0.0782. The number of hydrogen-bond acceptors (Lipinski definition) is 2. The van der Waals surface area contributed by atoms with Crippen LogP contribution in [0.3, 0.4) is 0 Å². The van der Waals surface area contributed by atoms with Gasteiger partial charge in [-0.05, 0) is 0 Å². The summed E-state index contributed by atoms with van der Waals surface area (Å²) in [6.45, 7) is 6.82. The van der Waals surface area contributed by atoms with Crippen LogP contribution in [0.4, 0.5) is 0 Å². The van der Waals surface area contributed by atoms with Gasteiger partial charge in [-0.3, -0.25) is 0 Å². The van der Waals surface area contributed by atoms with Gasteiger partial charge in [-0.25, -0.2) is 0 Å². The van der Waals surface area contributed by atoms with Crippen molar-refractivity contribution < 1.29 is 13.0 Å². The minimum absolute atomic E-state index is 0.0365. The predicted octanol–water partition coefficient (Wildman–Crippen LogP) is 9.10. The van der Waals surface area contributed by atoms with E-state index in [9.17, 15) is 13.0 Å². The standard InChI is InChI=1S/C27H59O3PS/c1-4-7-10-13-16-19-23-31(26-22-27-32(28,29)30,24-20-17-14-11-8-5-2)25-21-18-15-12-9-6-3/h31H,4-27H2,1-3H3,(H,28,29,30). The second-order valence-electron chi connectivity index (χ2n) is 10.4. The maximum absolute atomic E-state index is 11.4. The van der Waals surface area contributed by atoms with E-state index in [1.165, 1.54) is 134 Å². The van der Waals surface area contributed by atoms with Crippen LogP contribution in [-0.4, -0.2) is 43.4 Å². The Kier molecular flexibility index (Phi) is 22.1. The van der Waals surface area contributed by atoms with E-state index >= 15 is 0 Å². The van der Waals surface area contributed by atoms with Crippen LogP contribution in [0, 0.1) is 0 Å². The van der Waals surface area contributed by atoms with Gasteiger partial charge in [0.05, 0.1) is 0 Å². The van der Waals surface area contributed by atoms with Crippen molar-refractivity contribution in [3.63, 3.8) is 0 Å². The zero-order chi connectivity index (χ0) is 24.0. The molecule has 0 bridgehead atoms. The predicted molar refractivity (Wildman–Crippen MR) is 149 cm³/mol. The molecule has 0 aliphatic heterocycles. The van der Waals surface area contributed by atoms with E-state index in [-0.39, 0.29) is 5.75 Å². The second kappa shape index (κ2) is 21.8. The first-order valence-electron chi connectivity index (χ1n) is 14.3. The van der Waals surface area contributed by atoms with Crippen molar-refractivity contribution in [2.24, 2.45) is 0 Å². The molecule has 0 amide bonds. The summed E-state index contributed by atoms with van der Waals surface area (Å²) in [6, 6.07) is 0. The zero-order valence-electron chi connectivity index (χ0n) is 22.1. The molecular weight excluding hydrogens is 435 g/mol. The molecule has 0 aromatic carbocycles. The van der Waals surface area contributed by atoms with Gasteiger partial charge in [0.25, 0.3) is 0 Å². The molecule has 196 valence electrons. The fraction of sp³-hybridized carbons (Fsp3) is 1.00. The third-order valence-corrected chi connectivity index (χ3v) is 13.8. The van der Waals surface area contributed by atoms with Crippen molar-refractivity contribution in [3.8, 4) is 0 Å².